The van der Waals surface area contributed by atoms with Crippen molar-refractivity contribution in [2.24, 2.45) is 5.73 Å². The van der Waals surface area contributed by atoms with Gasteiger partial charge >= 0.3 is 0 Å². The van der Waals surface area contributed by atoms with E-state index in [9.17, 15) is 14.0 Å². The summed E-state index contributed by atoms with van der Waals surface area (Å²) in [6, 6.07) is 25.3. The third-order valence-corrected chi connectivity index (χ3v) is 7.60. The molecule has 0 spiro atoms. The van der Waals surface area contributed by atoms with Crippen molar-refractivity contribution < 1.29 is 14.0 Å². The number of primary amides is 1. The quantitative estimate of drug-likeness (QED) is 0.452. The monoisotopic (exact) mass is 476 g/mol. The first-order chi connectivity index (χ1) is 16.5. The number of nitrogens with zero attached hydrogens (tertiary/aromatic N) is 1. The molecule has 1 fully saturated rings. The molecule has 1 aliphatic rings. The Morgan fingerprint density at radius 2 is 1.53 bits per heavy atom. The highest BCUT2D eigenvalue weighted by Crippen LogP contribution is 2.34. The van der Waals surface area contributed by atoms with Crippen LogP contribution in [0.5, 0.6) is 0 Å². The van der Waals surface area contributed by atoms with Gasteiger partial charge in [-0.1, -0.05) is 72.8 Å². The molecule has 2 N–H and O–H groups in total. The zero-order valence-electron chi connectivity index (χ0n) is 19.0. The summed E-state index contributed by atoms with van der Waals surface area (Å²) in [5.74, 6) is -0.350. The van der Waals surface area contributed by atoms with Crippen molar-refractivity contribution in [2.75, 3.05) is 12.3 Å². The fourth-order valence-corrected chi connectivity index (χ4v) is 5.77. The summed E-state index contributed by atoms with van der Waals surface area (Å²) >= 11 is 1.78. The highest BCUT2D eigenvalue weighted by molar-refractivity contribution is 7.99. The SMILES string of the molecule is NC(=O)[C@@H]1C[C@H](SCCCc2ccc(F)cc2)CN1C(=O)C(c1ccccc1)c1ccccc1. The van der Waals surface area contributed by atoms with Gasteiger partial charge in [0.25, 0.3) is 0 Å². The molecule has 1 saturated heterocycles. The molecule has 34 heavy (non-hydrogen) atoms. The number of benzene rings is 3. The Hall–Kier alpha value is -3.12. The maximum atomic E-state index is 13.8. The third-order valence-electron chi connectivity index (χ3n) is 6.26. The Labute approximate surface area is 204 Å². The number of aryl methyl sites for hydroxylation is 1. The number of hydrogen-bond acceptors (Lipinski definition) is 3. The van der Waals surface area contributed by atoms with E-state index in [4.69, 9.17) is 5.73 Å². The average Bonchev–Trinajstić information content (AvgIpc) is 3.29. The summed E-state index contributed by atoms with van der Waals surface area (Å²) in [4.78, 5) is 27.8. The van der Waals surface area contributed by atoms with Gasteiger partial charge in [-0.15, -0.1) is 0 Å². The van der Waals surface area contributed by atoms with Crippen LogP contribution in [-0.4, -0.2) is 40.3 Å². The molecule has 1 aliphatic heterocycles. The first-order valence-electron chi connectivity index (χ1n) is 11.6. The van der Waals surface area contributed by atoms with E-state index in [-0.39, 0.29) is 17.0 Å². The Kier molecular flexibility index (Phi) is 8.01. The van der Waals surface area contributed by atoms with E-state index in [2.05, 4.69) is 0 Å². The summed E-state index contributed by atoms with van der Waals surface area (Å²) in [6.07, 6.45) is 2.38. The van der Waals surface area contributed by atoms with Crippen molar-refractivity contribution in [1.82, 2.24) is 4.90 Å². The number of likely N-dealkylation sites (tertiary alicyclic amines) is 1. The minimum Gasteiger partial charge on any atom is -0.368 e. The molecule has 0 unspecified atom stereocenters. The van der Waals surface area contributed by atoms with Crippen LogP contribution in [0.4, 0.5) is 4.39 Å². The first-order valence-corrected chi connectivity index (χ1v) is 12.6. The second-order valence-corrected chi connectivity index (χ2v) is 10.0. The van der Waals surface area contributed by atoms with Crippen molar-refractivity contribution in [3.8, 4) is 0 Å². The van der Waals surface area contributed by atoms with Gasteiger partial charge in [-0.25, -0.2) is 4.39 Å². The van der Waals surface area contributed by atoms with Gasteiger partial charge in [-0.05, 0) is 53.8 Å². The van der Waals surface area contributed by atoms with Crippen LogP contribution in [0.15, 0.2) is 84.9 Å². The van der Waals surface area contributed by atoms with Gasteiger partial charge in [0.15, 0.2) is 0 Å². The summed E-state index contributed by atoms with van der Waals surface area (Å²) in [7, 11) is 0. The van der Waals surface area contributed by atoms with Crippen molar-refractivity contribution in [3.63, 3.8) is 0 Å². The van der Waals surface area contributed by atoms with E-state index >= 15 is 0 Å². The van der Waals surface area contributed by atoms with Crippen LogP contribution < -0.4 is 5.73 Å². The summed E-state index contributed by atoms with van der Waals surface area (Å²) < 4.78 is 13.1. The minimum absolute atomic E-state index is 0.0874. The number of rotatable bonds is 9. The Morgan fingerprint density at radius 3 is 2.09 bits per heavy atom. The summed E-state index contributed by atoms with van der Waals surface area (Å²) in [5, 5.41) is 0.155. The van der Waals surface area contributed by atoms with Gasteiger partial charge in [0.2, 0.25) is 11.8 Å². The van der Waals surface area contributed by atoms with Gasteiger partial charge < -0.3 is 10.6 Å². The Balaban J connectivity index is 1.44. The molecule has 3 aromatic carbocycles. The van der Waals surface area contributed by atoms with E-state index in [1.165, 1.54) is 12.1 Å². The molecule has 1 heterocycles. The number of nitrogens with two attached hydrogens (primary N) is 1. The standard InChI is InChI=1S/C28H29FN2O2S/c29-23-15-13-20(14-16-23)8-7-17-34-24-18-25(27(30)32)31(19-24)28(33)26(21-9-3-1-4-10-21)22-11-5-2-6-12-22/h1-6,9-16,24-26H,7-8,17-19H2,(H2,30,32)/t24-,25-/m0/s1. The highest BCUT2D eigenvalue weighted by Gasteiger charge is 2.41. The topological polar surface area (TPSA) is 63.4 Å². The van der Waals surface area contributed by atoms with Crippen molar-refractivity contribution >= 4 is 23.6 Å². The van der Waals surface area contributed by atoms with E-state index in [0.29, 0.717) is 13.0 Å². The molecule has 0 saturated carbocycles. The number of hydrogen-bond donors (Lipinski definition) is 1. The molecule has 0 aliphatic carbocycles. The van der Waals surface area contributed by atoms with Gasteiger partial charge in [-0.3, -0.25) is 9.59 Å². The summed E-state index contributed by atoms with van der Waals surface area (Å²) in [6.45, 7) is 0.504. The van der Waals surface area contributed by atoms with E-state index in [1.807, 2.05) is 72.8 Å². The van der Waals surface area contributed by atoms with Crippen molar-refractivity contribution in [2.45, 2.75) is 36.5 Å². The average molecular weight is 477 g/mol. The van der Waals surface area contributed by atoms with E-state index in [1.54, 1.807) is 16.7 Å². The lowest BCUT2D eigenvalue weighted by atomic mass is 9.90. The Morgan fingerprint density at radius 1 is 0.941 bits per heavy atom. The fourth-order valence-electron chi connectivity index (χ4n) is 4.54. The molecule has 2 amide bonds. The van der Waals surface area contributed by atoms with Crippen molar-refractivity contribution in [3.05, 3.63) is 107 Å². The smallest absolute Gasteiger partial charge is 0.240 e. The summed E-state index contributed by atoms with van der Waals surface area (Å²) in [5.41, 5.74) is 8.64. The second kappa shape index (κ2) is 11.3. The largest absolute Gasteiger partial charge is 0.368 e. The lowest BCUT2D eigenvalue weighted by molar-refractivity contribution is -0.137. The van der Waals surface area contributed by atoms with Crippen LogP contribution in [0.1, 0.15) is 35.4 Å². The first kappa shape index (κ1) is 24.0. The van der Waals surface area contributed by atoms with Gasteiger partial charge in [0, 0.05) is 11.8 Å². The van der Waals surface area contributed by atoms with Crippen LogP contribution in [0.25, 0.3) is 0 Å². The van der Waals surface area contributed by atoms with Crippen LogP contribution in [0.2, 0.25) is 0 Å². The molecule has 0 aromatic heterocycles. The molecule has 3 aromatic rings. The predicted octanol–water partition coefficient (Wildman–Crippen LogP) is 4.78. The molecule has 6 heteroatoms. The third kappa shape index (κ3) is 5.86. The molecule has 4 rings (SSSR count). The van der Waals surface area contributed by atoms with Gasteiger partial charge in [-0.2, -0.15) is 11.8 Å². The number of halogens is 1. The maximum Gasteiger partial charge on any atom is 0.240 e. The number of carbonyl (C=O) groups is 2. The van der Waals surface area contributed by atoms with Crippen molar-refractivity contribution in [1.29, 1.82) is 0 Å². The second-order valence-electron chi connectivity index (χ2n) is 8.62. The van der Waals surface area contributed by atoms with Crippen LogP contribution >= 0.6 is 11.8 Å². The molecule has 0 radical (unpaired) electrons. The van der Waals surface area contributed by atoms with Gasteiger partial charge in [0.05, 0.1) is 5.92 Å². The normalized spacial score (nSPS) is 17.8. The molecule has 0 bridgehead atoms. The number of thioether (sulfide) groups is 1. The fraction of sp³-hybridized carbons (Fsp3) is 0.286. The minimum atomic E-state index is -0.600. The van der Waals surface area contributed by atoms with E-state index < -0.39 is 17.9 Å². The van der Waals surface area contributed by atoms with Crippen LogP contribution in [0.3, 0.4) is 0 Å². The highest BCUT2D eigenvalue weighted by atomic mass is 32.2. The number of carbonyl (C=O) groups excluding carboxylic acids is 2. The predicted molar refractivity (Wildman–Crippen MR) is 135 cm³/mol. The van der Waals surface area contributed by atoms with Gasteiger partial charge in [0.1, 0.15) is 11.9 Å². The molecule has 176 valence electrons. The van der Waals surface area contributed by atoms with E-state index in [0.717, 1.165) is 35.3 Å². The lowest BCUT2D eigenvalue weighted by Crippen LogP contribution is -2.45. The maximum absolute atomic E-state index is 13.8. The number of amides is 2. The lowest BCUT2D eigenvalue weighted by Gasteiger charge is -2.28. The zero-order chi connectivity index (χ0) is 23.9. The molecule has 4 nitrogen and oxygen atoms in total. The molecular weight excluding hydrogens is 447 g/mol. The molecule has 2 atom stereocenters. The zero-order valence-corrected chi connectivity index (χ0v) is 19.8. The Bertz CT molecular complexity index is 1050. The molecular formula is C28H29FN2O2S. The van der Waals surface area contributed by atoms with Crippen LogP contribution in [0, 0.1) is 5.82 Å². The van der Waals surface area contributed by atoms with Crippen LogP contribution in [-0.2, 0) is 16.0 Å².